The quantitative estimate of drug-likeness (QED) is 0.324. The molecule has 0 unspecified atom stereocenters. The van der Waals surface area contributed by atoms with Crippen LogP contribution in [0.1, 0.15) is 28.8 Å². The van der Waals surface area contributed by atoms with E-state index in [4.69, 9.17) is 4.98 Å². The van der Waals surface area contributed by atoms with E-state index < -0.39 is 5.54 Å². The fourth-order valence-corrected chi connectivity index (χ4v) is 4.58. The van der Waals surface area contributed by atoms with Crippen LogP contribution in [0, 0.1) is 11.8 Å². The summed E-state index contributed by atoms with van der Waals surface area (Å²) in [4.78, 5) is 15.8. The van der Waals surface area contributed by atoms with Gasteiger partial charge in [-0.15, -0.1) is 0 Å². The van der Waals surface area contributed by atoms with Gasteiger partial charge in [-0.1, -0.05) is 91.0 Å². The molecule has 0 aliphatic heterocycles. The minimum Gasteiger partial charge on any atom is -0.319 e. The highest BCUT2D eigenvalue weighted by molar-refractivity contribution is 5.58. The summed E-state index contributed by atoms with van der Waals surface area (Å²) in [7, 11) is 0. The Labute approximate surface area is 177 Å². The van der Waals surface area contributed by atoms with E-state index in [9.17, 15) is 4.79 Å². The average Bonchev–Trinajstić information content (AvgIpc) is 3.41. The largest absolute Gasteiger partial charge is 0.319 e. The highest BCUT2D eigenvalue weighted by atomic mass is 16.1. The molecular formula is C27H24N2O. The summed E-state index contributed by atoms with van der Waals surface area (Å²) in [6.45, 7) is 0. The van der Waals surface area contributed by atoms with Crippen molar-refractivity contribution in [3.63, 3.8) is 0 Å². The van der Waals surface area contributed by atoms with Gasteiger partial charge < -0.3 is 9.36 Å². The molecule has 4 aromatic rings. The Kier molecular flexibility index (Phi) is 4.80. The van der Waals surface area contributed by atoms with Crippen LogP contribution in [0.3, 0.4) is 0 Å². The van der Waals surface area contributed by atoms with Gasteiger partial charge in [-0.05, 0) is 35.4 Å². The second-order valence-electron chi connectivity index (χ2n) is 8.08. The first kappa shape index (κ1) is 18.6. The van der Waals surface area contributed by atoms with Crippen molar-refractivity contribution in [1.82, 2.24) is 9.55 Å². The van der Waals surface area contributed by atoms with Gasteiger partial charge in [-0.3, -0.25) is 0 Å². The molecule has 0 bridgehead atoms. The number of carbonyl (C=O) groups excluding carboxylic acids is 1. The number of hydrogen-bond donors (Lipinski definition) is 0. The third-order valence-corrected chi connectivity index (χ3v) is 6.22. The fourth-order valence-electron chi connectivity index (χ4n) is 4.58. The summed E-state index contributed by atoms with van der Waals surface area (Å²) < 4.78 is 2.24. The molecule has 0 amide bonds. The van der Waals surface area contributed by atoms with Crippen LogP contribution in [0.5, 0.6) is 0 Å². The first-order valence-electron chi connectivity index (χ1n) is 10.5. The highest BCUT2D eigenvalue weighted by Crippen LogP contribution is 2.42. The van der Waals surface area contributed by atoms with Gasteiger partial charge in [0.1, 0.15) is 11.8 Å². The predicted molar refractivity (Wildman–Crippen MR) is 118 cm³/mol. The van der Waals surface area contributed by atoms with E-state index in [0.29, 0.717) is 5.92 Å². The molecule has 148 valence electrons. The van der Waals surface area contributed by atoms with Crippen LogP contribution in [-0.2, 0) is 16.8 Å². The zero-order valence-electron chi connectivity index (χ0n) is 16.8. The van der Waals surface area contributed by atoms with Crippen molar-refractivity contribution < 1.29 is 4.79 Å². The van der Waals surface area contributed by atoms with Gasteiger partial charge in [0.15, 0.2) is 0 Å². The molecule has 3 nitrogen and oxygen atoms in total. The van der Waals surface area contributed by atoms with Crippen LogP contribution in [0.25, 0.3) is 0 Å². The van der Waals surface area contributed by atoms with E-state index in [-0.39, 0.29) is 5.92 Å². The zero-order chi connectivity index (χ0) is 20.4. The van der Waals surface area contributed by atoms with Crippen LogP contribution >= 0.6 is 0 Å². The smallest absolute Gasteiger partial charge is 0.123 e. The molecular weight excluding hydrogens is 368 g/mol. The Morgan fingerprint density at radius 2 is 1.33 bits per heavy atom. The number of aldehydes is 1. The molecule has 5 rings (SSSR count). The molecule has 0 N–H and O–H groups in total. The van der Waals surface area contributed by atoms with Gasteiger partial charge in [0.25, 0.3) is 0 Å². The Bertz CT molecular complexity index is 1020. The summed E-state index contributed by atoms with van der Waals surface area (Å²) in [5.41, 5.74) is 4.06. The molecule has 1 aliphatic rings. The molecule has 0 saturated heterocycles. The first-order chi connectivity index (χ1) is 14.8. The summed E-state index contributed by atoms with van der Waals surface area (Å²) >= 11 is 0. The van der Waals surface area contributed by atoms with Crippen molar-refractivity contribution >= 4 is 6.29 Å². The predicted octanol–water partition coefficient (Wildman–Crippen LogP) is 5.10. The van der Waals surface area contributed by atoms with E-state index in [1.54, 1.807) is 0 Å². The molecule has 30 heavy (non-hydrogen) atoms. The molecule has 3 heteroatoms. The molecule has 1 aromatic heterocycles. The van der Waals surface area contributed by atoms with Crippen molar-refractivity contribution in [2.75, 3.05) is 0 Å². The molecule has 1 saturated carbocycles. The molecule has 0 spiro atoms. The lowest BCUT2D eigenvalue weighted by atomic mass is 9.77. The first-order valence-corrected chi connectivity index (χ1v) is 10.5. The lowest BCUT2D eigenvalue weighted by Crippen LogP contribution is -2.36. The van der Waals surface area contributed by atoms with E-state index in [0.717, 1.165) is 24.8 Å². The van der Waals surface area contributed by atoms with Crippen molar-refractivity contribution in [2.24, 2.45) is 11.8 Å². The third kappa shape index (κ3) is 3.17. The van der Waals surface area contributed by atoms with E-state index in [1.807, 2.05) is 6.33 Å². The third-order valence-electron chi connectivity index (χ3n) is 6.22. The van der Waals surface area contributed by atoms with E-state index in [2.05, 4.69) is 102 Å². The molecule has 1 heterocycles. The lowest BCUT2D eigenvalue weighted by Gasteiger charge is -2.37. The van der Waals surface area contributed by atoms with Crippen molar-refractivity contribution in [3.8, 4) is 0 Å². The number of carbonyl (C=O) groups is 1. The summed E-state index contributed by atoms with van der Waals surface area (Å²) in [6, 6.07) is 31.8. The van der Waals surface area contributed by atoms with Gasteiger partial charge in [-0.2, -0.15) is 0 Å². The second-order valence-corrected chi connectivity index (χ2v) is 8.08. The van der Waals surface area contributed by atoms with Crippen LogP contribution in [0.2, 0.25) is 0 Å². The number of rotatable bonds is 7. The maximum absolute atomic E-state index is 11.1. The van der Waals surface area contributed by atoms with Crippen LogP contribution in [-0.4, -0.2) is 15.8 Å². The summed E-state index contributed by atoms with van der Waals surface area (Å²) in [6.07, 6.45) is 7.03. The Balaban J connectivity index is 1.70. The SMILES string of the molecule is O=C[C@@H]1C[C@H]1Cc1cn(C(c2ccccc2)(c2ccccc2)c2ccccc2)cn1. The Hall–Kier alpha value is -3.46. The van der Waals surface area contributed by atoms with Gasteiger partial charge in [0.2, 0.25) is 0 Å². The normalized spacial score (nSPS) is 18.1. The summed E-state index contributed by atoms with van der Waals surface area (Å²) in [5.74, 6) is 0.641. The topological polar surface area (TPSA) is 34.9 Å². The number of nitrogens with zero attached hydrogens (tertiary/aromatic N) is 2. The zero-order valence-corrected chi connectivity index (χ0v) is 16.8. The van der Waals surface area contributed by atoms with Crippen LogP contribution in [0.15, 0.2) is 104 Å². The fraction of sp³-hybridized carbons (Fsp3) is 0.185. The van der Waals surface area contributed by atoms with E-state index >= 15 is 0 Å². The maximum atomic E-state index is 11.1. The Morgan fingerprint density at radius 3 is 1.77 bits per heavy atom. The van der Waals surface area contributed by atoms with Crippen molar-refractivity contribution in [3.05, 3.63) is 126 Å². The van der Waals surface area contributed by atoms with Gasteiger partial charge in [0, 0.05) is 12.1 Å². The maximum Gasteiger partial charge on any atom is 0.123 e. The highest BCUT2D eigenvalue weighted by Gasteiger charge is 2.40. The minimum atomic E-state index is -0.525. The number of hydrogen-bond acceptors (Lipinski definition) is 2. The van der Waals surface area contributed by atoms with E-state index in [1.165, 1.54) is 16.7 Å². The average molecular weight is 393 g/mol. The van der Waals surface area contributed by atoms with Crippen molar-refractivity contribution in [1.29, 1.82) is 0 Å². The molecule has 2 atom stereocenters. The molecule has 3 aromatic carbocycles. The number of aromatic nitrogens is 2. The van der Waals surface area contributed by atoms with Gasteiger partial charge in [0.05, 0.1) is 12.0 Å². The lowest BCUT2D eigenvalue weighted by molar-refractivity contribution is -0.109. The van der Waals surface area contributed by atoms with Crippen LogP contribution in [0.4, 0.5) is 0 Å². The van der Waals surface area contributed by atoms with Gasteiger partial charge >= 0.3 is 0 Å². The monoisotopic (exact) mass is 392 g/mol. The molecule has 1 fully saturated rings. The van der Waals surface area contributed by atoms with Crippen LogP contribution < -0.4 is 0 Å². The number of imidazole rings is 1. The molecule has 1 aliphatic carbocycles. The minimum absolute atomic E-state index is 0.206. The second kappa shape index (κ2) is 7.75. The number of benzene rings is 3. The Morgan fingerprint density at radius 1 is 0.833 bits per heavy atom. The summed E-state index contributed by atoms with van der Waals surface area (Å²) in [5, 5.41) is 0. The van der Waals surface area contributed by atoms with Crippen molar-refractivity contribution in [2.45, 2.75) is 18.4 Å². The molecule has 0 radical (unpaired) electrons. The van der Waals surface area contributed by atoms with Gasteiger partial charge in [-0.25, -0.2) is 4.98 Å². The standard InChI is InChI=1S/C27H24N2O/c30-19-22-16-21(22)17-26-18-29(20-28-26)27(23-10-4-1-5-11-23,24-12-6-2-7-13-24)25-14-8-3-9-15-25/h1-15,18-22H,16-17H2/t21-,22-/m0/s1.